The summed E-state index contributed by atoms with van der Waals surface area (Å²) in [5.74, 6) is -0.0136. The van der Waals surface area contributed by atoms with Crippen LogP contribution in [0.15, 0.2) is 35.2 Å². The molecule has 0 N–H and O–H groups in total. The number of anilines is 2. The van der Waals surface area contributed by atoms with Crippen LogP contribution in [0.2, 0.25) is 0 Å². The Hall–Kier alpha value is -2.34. The second-order valence-corrected chi connectivity index (χ2v) is 9.33. The van der Waals surface area contributed by atoms with E-state index in [-0.39, 0.29) is 5.91 Å². The van der Waals surface area contributed by atoms with Crippen LogP contribution in [0.5, 0.6) is 0 Å². The largest absolute Gasteiger partial charge is 0.312 e. The summed E-state index contributed by atoms with van der Waals surface area (Å²) >= 11 is 0. The Labute approximate surface area is 160 Å². The zero-order valence-electron chi connectivity index (χ0n) is 15.9. The predicted molar refractivity (Wildman–Crippen MR) is 107 cm³/mol. The van der Waals surface area contributed by atoms with Gasteiger partial charge in [0.1, 0.15) is 0 Å². The molecular formula is C21H24N2O3S. The fraction of sp³-hybridized carbons (Fsp3) is 0.381. The molecule has 0 spiro atoms. The first-order valence-electron chi connectivity index (χ1n) is 9.33. The number of carbonyl (C=O) groups is 1. The van der Waals surface area contributed by atoms with Crippen LogP contribution in [-0.2, 0) is 27.7 Å². The van der Waals surface area contributed by atoms with Crippen molar-refractivity contribution in [2.75, 3.05) is 22.3 Å². The van der Waals surface area contributed by atoms with Gasteiger partial charge in [0.15, 0.2) is 0 Å². The van der Waals surface area contributed by atoms with Crippen molar-refractivity contribution in [1.82, 2.24) is 0 Å². The normalized spacial score (nSPS) is 16.3. The quantitative estimate of drug-likeness (QED) is 0.798. The molecule has 1 amide bonds. The van der Waals surface area contributed by atoms with Gasteiger partial charge in [-0.25, -0.2) is 8.42 Å². The van der Waals surface area contributed by atoms with Crippen molar-refractivity contribution in [2.45, 2.75) is 44.9 Å². The molecule has 0 atom stereocenters. The van der Waals surface area contributed by atoms with E-state index in [1.165, 1.54) is 6.92 Å². The molecule has 4 rings (SSSR count). The second kappa shape index (κ2) is 6.37. The lowest BCUT2D eigenvalue weighted by Gasteiger charge is -2.32. The van der Waals surface area contributed by atoms with Crippen LogP contribution in [0, 0.1) is 13.8 Å². The van der Waals surface area contributed by atoms with Crippen LogP contribution in [0.4, 0.5) is 11.4 Å². The molecule has 2 aromatic rings. The molecule has 0 saturated carbocycles. The first-order valence-corrected chi connectivity index (χ1v) is 10.8. The molecule has 6 heteroatoms. The lowest BCUT2D eigenvalue weighted by atomic mass is 9.96. The number of amides is 1. The highest BCUT2D eigenvalue weighted by molar-refractivity contribution is 7.92. The number of sulfonamides is 1. The lowest BCUT2D eigenvalue weighted by Crippen LogP contribution is -2.36. The predicted octanol–water partition coefficient (Wildman–Crippen LogP) is 3.35. The van der Waals surface area contributed by atoms with E-state index >= 15 is 0 Å². The van der Waals surface area contributed by atoms with E-state index < -0.39 is 10.0 Å². The number of benzene rings is 2. The van der Waals surface area contributed by atoms with E-state index in [4.69, 9.17) is 0 Å². The number of nitrogens with zero attached hydrogens (tertiary/aromatic N) is 2. The van der Waals surface area contributed by atoms with Gasteiger partial charge in [-0.1, -0.05) is 6.07 Å². The maximum Gasteiger partial charge on any atom is 0.264 e. The number of hydrogen-bond donors (Lipinski definition) is 0. The molecule has 0 unspecified atom stereocenters. The molecule has 2 aliphatic heterocycles. The fourth-order valence-electron chi connectivity index (χ4n) is 4.29. The van der Waals surface area contributed by atoms with Crippen molar-refractivity contribution in [3.8, 4) is 0 Å². The van der Waals surface area contributed by atoms with Crippen molar-refractivity contribution >= 4 is 27.3 Å². The van der Waals surface area contributed by atoms with E-state index in [1.54, 1.807) is 27.4 Å². The highest BCUT2D eigenvalue weighted by atomic mass is 32.2. The van der Waals surface area contributed by atoms with E-state index in [0.29, 0.717) is 24.4 Å². The van der Waals surface area contributed by atoms with Crippen molar-refractivity contribution < 1.29 is 13.2 Å². The third kappa shape index (κ3) is 2.92. The zero-order chi connectivity index (χ0) is 19.3. The summed E-state index contributed by atoms with van der Waals surface area (Å²) in [6.45, 7) is 6.69. The number of rotatable bonds is 2. The number of fused-ring (bicyclic) bond motifs is 2. The number of aryl methyl sites for hydroxylation is 2. The van der Waals surface area contributed by atoms with Gasteiger partial charge in [-0.2, -0.15) is 0 Å². The van der Waals surface area contributed by atoms with Crippen molar-refractivity contribution in [2.24, 2.45) is 0 Å². The van der Waals surface area contributed by atoms with Crippen LogP contribution in [-0.4, -0.2) is 27.4 Å². The minimum Gasteiger partial charge on any atom is -0.312 e. The minimum absolute atomic E-state index is 0.0136. The van der Waals surface area contributed by atoms with Gasteiger partial charge < -0.3 is 4.90 Å². The van der Waals surface area contributed by atoms with Gasteiger partial charge in [-0.05, 0) is 79.6 Å². The van der Waals surface area contributed by atoms with Gasteiger partial charge in [0.05, 0.1) is 10.6 Å². The first kappa shape index (κ1) is 18.0. The van der Waals surface area contributed by atoms with Crippen molar-refractivity contribution in [3.05, 3.63) is 52.6 Å². The average Bonchev–Trinajstić information content (AvgIpc) is 3.04. The summed E-state index contributed by atoms with van der Waals surface area (Å²) < 4.78 is 28.4. The van der Waals surface area contributed by atoms with Gasteiger partial charge >= 0.3 is 0 Å². The first-order chi connectivity index (χ1) is 12.8. The van der Waals surface area contributed by atoms with Gasteiger partial charge in [-0.3, -0.25) is 9.10 Å². The number of carbonyl (C=O) groups excluding carboxylic acids is 1. The number of hydrogen-bond acceptors (Lipinski definition) is 3. The molecule has 5 nitrogen and oxygen atoms in total. The van der Waals surface area contributed by atoms with Crippen molar-refractivity contribution in [1.29, 1.82) is 0 Å². The fourth-order valence-corrected chi connectivity index (χ4v) is 5.86. The monoisotopic (exact) mass is 384 g/mol. The van der Waals surface area contributed by atoms with Gasteiger partial charge in [0, 0.05) is 25.7 Å². The summed E-state index contributed by atoms with van der Waals surface area (Å²) in [6.07, 6.45) is 2.41. The molecule has 0 saturated heterocycles. The Morgan fingerprint density at radius 3 is 2.52 bits per heavy atom. The third-order valence-corrected chi connectivity index (χ3v) is 7.37. The van der Waals surface area contributed by atoms with Gasteiger partial charge in [0.25, 0.3) is 10.0 Å². The Morgan fingerprint density at radius 1 is 1.00 bits per heavy atom. The maximum atomic E-state index is 13.4. The summed E-state index contributed by atoms with van der Waals surface area (Å²) in [5.41, 5.74) is 5.90. The summed E-state index contributed by atoms with van der Waals surface area (Å²) in [7, 11) is -3.64. The van der Waals surface area contributed by atoms with Crippen LogP contribution in [0.25, 0.3) is 0 Å². The molecule has 0 aliphatic carbocycles. The molecule has 0 radical (unpaired) electrons. The van der Waals surface area contributed by atoms with E-state index in [0.717, 1.165) is 46.5 Å². The van der Waals surface area contributed by atoms with Crippen LogP contribution < -0.4 is 9.21 Å². The van der Waals surface area contributed by atoms with E-state index in [1.807, 2.05) is 19.9 Å². The van der Waals surface area contributed by atoms with Crippen LogP contribution >= 0.6 is 0 Å². The summed E-state index contributed by atoms with van der Waals surface area (Å²) in [5, 5.41) is 0. The molecule has 2 aliphatic rings. The minimum atomic E-state index is -3.64. The summed E-state index contributed by atoms with van der Waals surface area (Å²) in [6, 6.07) is 9.23. The molecule has 0 aromatic heterocycles. The second-order valence-electron chi connectivity index (χ2n) is 7.47. The average molecular weight is 385 g/mol. The van der Waals surface area contributed by atoms with Gasteiger partial charge in [0.2, 0.25) is 5.91 Å². The third-order valence-electron chi connectivity index (χ3n) is 5.57. The van der Waals surface area contributed by atoms with E-state index in [2.05, 4.69) is 6.07 Å². The van der Waals surface area contributed by atoms with Crippen LogP contribution in [0.1, 0.15) is 35.6 Å². The Bertz CT molecular complexity index is 1040. The standard InChI is InChI=1S/C21H24N2O3S/c1-14-11-15(2)19-5-4-9-23(21(19)12-14)27(25,26)18-6-7-20-17(13-18)8-10-22(20)16(3)24/h6-7,11-13H,4-5,8-10H2,1-3H3. The molecule has 2 heterocycles. The van der Waals surface area contributed by atoms with E-state index in [9.17, 15) is 13.2 Å². The molecule has 142 valence electrons. The Morgan fingerprint density at radius 2 is 1.78 bits per heavy atom. The SMILES string of the molecule is CC(=O)N1CCc2cc(S(=O)(=O)N3CCCc4c(C)cc(C)cc43)ccc21. The molecule has 0 fully saturated rings. The highest BCUT2D eigenvalue weighted by Crippen LogP contribution is 2.36. The molecule has 0 bridgehead atoms. The van der Waals surface area contributed by atoms with Gasteiger partial charge in [-0.15, -0.1) is 0 Å². The summed E-state index contributed by atoms with van der Waals surface area (Å²) in [4.78, 5) is 13.7. The Kier molecular flexibility index (Phi) is 4.26. The molecule has 27 heavy (non-hydrogen) atoms. The zero-order valence-corrected chi connectivity index (χ0v) is 16.8. The maximum absolute atomic E-state index is 13.4. The topological polar surface area (TPSA) is 57.7 Å². The lowest BCUT2D eigenvalue weighted by molar-refractivity contribution is -0.116. The smallest absolute Gasteiger partial charge is 0.264 e. The van der Waals surface area contributed by atoms with Crippen molar-refractivity contribution in [3.63, 3.8) is 0 Å². The Balaban J connectivity index is 1.77. The molecular weight excluding hydrogens is 360 g/mol. The van der Waals surface area contributed by atoms with Crippen LogP contribution in [0.3, 0.4) is 0 Å². The highest BCUT2D eigenvalue weighted by Gasteiger charge is 2.31. The molecule has 2 aromatic carbocycles.